The lowest BCUT2D eigenvalue weighted by atomic mass is 10.4. The smallest absolute Gasteiger partial charge is 0.459 e. The molecular weight excluding hydrogens is 467 g/mol. The van der Waals surface area contributed by atoms with E-state index in [2.05, 4.69) is 70.8 Å². The first kappa shape index (κ1) is 30.2. The third-order valence-corrected chi connectivity index (χ3v) is 15.3. The predicted octanol–water partition coefficient (Wildman–Crippen LogP) is 4.72. The first-order valence-corrected chi connectivity index (χ1v) is 22.8. The van der Waals surface area contributed by atoms with Crippen LogP contribution in [0.2, 0.25) is 65.0 Å². The Morgan fingerprint density at radius 3 is 1.58 bits per heavy atom. The summed E-state index contributed by atoms with van der Waals surface area (Å²) in [7, 11) is -8.65. The van der Waals surface area contributed by atoms with Gasteiger partial charge in [-0.05, 0) is 72.3 Å². The van der Waals surface area contributed by atoms with Crippen molar-refractivity contribution < 1.29 is 31.4 Å². The van der Waals surface area contributed by atoms with Crippen molar-refractivity contribution in [1.29, 1.82) is 0 Å². The van der Waals surface area contributed by atoms with E-state index in [1.54, 1.807) is 6.92 Å². The summed E-state index contributed by atoms with van der Waals surface area (Å²) in [5.74, 6) is -0.502. The Kier molecular flexibility index (Phi) is 12.2. The van der Waals surface area contributed by atoms with E-state index in [9.17, 15) is 9.59 Å². The van der Waals surface area contributed by atoms with Gasteiger partial charge in [0.15, 0.2) is 25.0 Å². The Morgan fingerprint density at radius 1 is 0.774 bits per heavy atom. The second-order valence-electron chi connectivity index (χ2n) is 10.4. The van der Waals surface area contributed by atoms with E-state index in [4.69, 9.17) is 21.8 Å². The molecule has 0 aliphatic heterocycles. The number of esters is 1. The van der Waals surface area contributed by atoms with Crippen molar-refractivity contribution in [2.24, 2.45) is 0 Å². The van der Waals surface area contributed by atoms with Crippen molar-refractivity contribution in [2.75, 3.05) is 19.8 Å². The Balaban J connectivity index is 4.82. The summed E-state index contributed by atoms with van der Waals surface area (Å²) in [4.78, 5) is 23.2. The zero-order chi connectivity index (χ0) is 24.5. The van der Waals surface area contributed by atoms with Crippen LogP contribution in [0.1, 0.15) is 13.3 Å². The molecule has 0 unspecified atom stereocenters. The van der Waals surface area contributed by atoms with Crippen molar-refractivity contribution in [3.8, 4) is 0 Å². The summed E-state index contributed by atoms with van der Waals surface area (Å²) in [5.41, 5.74) is 0.304. The largest absolute Gasteiger partial charge is 0.469 e. The molecule has 0 saturated carbocycles. The zero-order valence-electron chi connectivity index (χ0n) is 21.1. The molecule has 0 fully saturated rings. The molecule has 12 heteroatoms. The Labute approximate surface area is 192 Å². The van der Waals surface area contributed by atoms with E-state index in [0.29, 0.717) is 24.6 Å². The summed E-state index contributed by atoms with van der Waals surface area (Å²) in [6.07, 6.45) is 0.104. The van der Waals surface area contributed by atoms with Gasteiger partial charge in [0.05, 0.1) is 0 Å². The number of hydrogen-bond donors (Lipinski definition) is 1. The van der Waals surface area contributed by atoms with E-state index < -0.39 is 45.8 Å². The first-order chi connectivity index (χ1) is 13.8. The van der Waals surface area contributed by atoms with Gasteiger partial charge < -0.3 is 27.1 Å². The number of carbonyl (C=O) groups excluding carboxylic acids is 2. The van der Waals surface area contributed by atoms with Crippen LogP contribution < -0.4 is 5.32 Å². The van der Waals surface area contributed by atoms with Gasteiger partial charge in [-0.15, -0.1) is 0 Å². The summed E-state index contributed by atoms with van der Waals surface area (Å²) >= 11 is 0. The van der Waals surface area contributed by atoms with E-state index >= 15 is 0 Å². The van der Waals surface area contributed by atoms with Gasteiger partial charge in [0.1, 0.15) is 13.2 Å². The minimum absolute atomic E-state index is 0.00666. The SMILES string of the molecule is C=C(C)C(=O)OCCOC(=O)NCCC[Si](O[Si](C)(C)C)(O[Si](C)(C)C)O[Si](C)(C)C. The van der Waals surface area contributed by atoms with E-state index in [1.807, 2.05) is 0 Å². The topological polar surface area (TPSA) is 92.3 Å². The summed E-state index contributed by atoms with van der Waals surface area (Å²) in [6.45, 7) is 24.7. The molecule has 0 aromatic carbocycles. The molecule has 31 heavy (non-hydrogen) atoms. The quantitative estimate of drug-likeness (QED) is 0.157. The minimum atomic E-state index is -2.90. The van der Waals surface area contributed by atoms with Crippen LogP contribution in [0, 0.1) is 0 Å². The van der Waals surface area contributed by atoms with Gasteiger partial charge in [-0.3, -0.25) is 0 Å². The Bertz CT molecular complexity index is 569. The van der Waals surface area contributed by atoms with Crippen LogP contribution in [0.15, 0.2) is 12.2 Å². The summed E-state index contributed by atoms with van der Waals surface area (Å²) < 4.78 is 29.7. The molecule has 0 radical (unpaired) electrons. The predicted molar refractivity (Wildman–Crippen MR) is 134 cm³/mol. The normalized spacial score (nSPS) is 13.0. The molecule has 1 amide bonds. The maximum absolute atomic E-state index is 11.9. The van der Waals surface area contributed by atoms with E-state index in [-0.39, 0.29) is 13.2 Å². The number of hydrogen-bond acceptors (Lipinski definition) is 7. The van der Waals surface area contributed by atoms with Crippen molar-refractivity contribution in [3.05, 3.63) is 12.2 Å². The number of carbonyl (C=O) groups is 2. The van der Waals surface area contributed by atoms with Crippen LogP contribution in [0.5, 0.6) is 0 Å². The van der Waals surface area contributed by atoms with Crippen LogP contribution in [-0.2, 0) is 26.6 Å². The van der Waals surface area contributed by atoms with Crippen LogP contribution in [-0.4, -0.2) is 65.6 Å². The van der Waals surface area contributed by atoms with Crippen molar-refractivity contribution >= 4 is 45.8 Å². The monoisotopic (exact) mass is 509 g/mol. The molecule has 0 saturated heterocycles. The highest BCUT2D eigenvalue weighted by Gasteiger charge is 2.49. The highest BCUT2D eigenvalue weighted by atomic mass is 28.5. The number of rotatable bonds is 14. The third-order valence-electron chi connectivity index (χ3n) is 3.21. The van der Waals surface area contributed by atoms with Crippen molar-refractivity contribution in [2.45, 2.75) is 78.3 Å². The molecule has 0 aromatic rings. The van der Waals surface area contributed by atoms with Crippen LogP contribution in [0.25, 0.3) is 0 Å². The lowest BCUT2D eigenvalue weighted by Gasteiger charge is -2.42. The lowest BCUT2D eigenvalue weighted by Crippen LogP contribution is -2.60. The van der Waals surface area contributed by atoms with Crippen LogP contribution >= 0.6 is 0 Å². The summed E-state index contributed by atoms with van der Waals surface area (Å²) in [6, 6.07) is 0.641. The molecule has 1 N–H and O–H groups in total. The van der Waals surface area contributed by atoms with Gasteiger partial charge >= 0.3 is 20.9 Å². The molecule has 0 heterocycles. The highest BCUT2D eigenvalue weighted by molar-refractivity contribution is 6.90. The van der Waals surface area contributed by atoms with Gasteiger partial charge in [0, 0.05) is 18.2 Å². The van der Waals surface area contributed by atoms with Gasteiger partial charge in [-0.2, -0.15) is 0 Å². The fourth-order valence-corrected chi connectivity index (χ4v) is 17.2. The van der Waals surface area contributed by atoms with E-state index in [0.717, 1.165) is 0 Å². The summed E-state index contributed by atoms with van der Waals surface area (Å²) in [5, 5.41) is 2.73. The third kappa shape index (κ3) is 16.5. The van der Waals surface area contributed by atoms with Crippen molar-refractivity contribution in [1.82, 2.24) is 5.32 Å². The van der Waals surface area contributed by atoms with Crippen molar-refractivity contribution in [3.63, 3.8) is 0 Å². The van der Waals surface area contributed by atoms with Gasteiger partial charge in [-0.25, -0.2) is 9.59 Å². The molecule has 0 aromatic heterocycles. The van der Waals surface area contributed by atoms with Crippen LogP contribution in [0.4, 0.5) is 4.79 Å². The number of amides is 1. The molecule has 0 aliphatic rings. The zero-order valence-corrected chi connectivity index (χ0v) is 25.1. The maximum Gasteiger partial charge on any atom is 0.469 e. The molecule has 0 bridgehead atoms. The minimum Gasteiger partial charge on any atom is -0.459 e. The average Bonchev–Trinajstić information content (AvgIpc) is 2.50. The van der Waals surface area contributed by atoms with Gasteiger partial charge in [0.25, 0.3) is 0 Å². The Morgan fingerprint density at radius 2 is 1.19 bits per heavy atom. The Hall–Kier alpha value is -0.772. The number of nitrogens with one attached hydrogen (secondary N) is 1. The fourth-order valence-electron chi connectivity index (χ4n) is 2.55. The molecule has 0 aliphatic carbocycles. The second kappa shape index (κ2) is 12.5. The van der Waals surface area contributed by atoms with Gasteiger partial charge in [0.2, 0.25) is 0 Å². The molecule has 8 nitrogen and oxygen atoms in total. The first-order valence-electron chi connectivity index (χ1n) is 10.7. The highest BCUT2D eigenvalue weighted by Crippen LogP contribution is 2.29. The molecule has 0 rings (SSSR count). The number of alkyl carbamates (subject to hydrolysis) is 1. The van der Waals surface area contributed by atoms with Gasteiger partial charge in [-0.1, -0.05) is 6.58 Å². The standard InChI is InChI=1S/C19H43NO7Si4/c1-17(2)18(21)23-14-15-24-19(22)20-13-12-16-31(25-28(3,4)5,26-29(6,7)8)27-30(9,10)11/h1,12-16H2,2-11H3,(H,20,22). The fraction of sp³-hybridized carbons (Fsp3) is 0.789. The molecular formula is C19H43NO7Si4. The second-order valence-corrected chi connectivity index (χ2v) is 27.4. The van der Waals surface area contributed by atoms with E-state index in [1.165, 1.54) is 0 Å². The average molecular weight is 510 g/mol. The molecule has 182 valence electrons. The maximum atomic E-state index is 11.9. The lowest BCUT2D eigenvalue weighted by molar-refractivity contribution is -0.139. The molecule has 0 spiro atoms. The number of ether oxygens (including phenoxy) is 2. The molecule has 0 atom stereocenters. The van der Waals surface area contributed by atoms with Crippen LogP contribution in [0.3, 0.4) is 0 Å².